The Balaban J connectivity index is 0.892. The fraction of sp³-hybridized carbons (Fsp3) is 0.538. The lowest BCUT2D eigenvalue weighted by Gasteiger charge is -2.19. The topological polar surface area (TPSA) is 308 Å². The molecule has 8 rings (SSSR count). The van der Waals surface area contributed by atoms with Gasteiger partial charge < -0.3 is 62.5 Å². The number of allylic oxidation sites excluding steroid dienone is 1. The van der Waals surface area contributed by atoms with Crippen LogP contribution in [-0.4, -0.2) is 164 Å². The highest BCUT2D eigenvalue weighted by Crippen LogP contribution is 2.38. The Hall–Kier alpha value is -7.36. The van der Waals surface area contributed by atoms with Gasteiger partial charge in [-0.1, -0.05) is 25.0 Å². The van der Waals surface area contributed by atoms with Gasteiger partial charge in [0.05, 0.1) is 35.6 Å². The number of benzene rings is 3. The number of carbonyl (C=O) groups is 8. The van der Waals surface area contributed by atoms with Crippen LogP contribution in [0.4, 0.5) is 24.5 Å². The van der Waals surface area contributed by atoms with Crippen LogP contribution < -0.4 is 53.2 Å². The number of fused-ring (bicyclic) bond motifs is 3. The zero-order valence-electron chi connectivity index (χ0n) is 53.4. The molecule has 10 N–H and O–H groups in total. The van der Waals surface area contributed by atoms with Crippen LogP contribution in [0.15, 0.2) is 77.5 Å². The third-order valence-corrected chi connectivity index (χ3v) is 21.4. The van der Waals surface area contributed by atoms with Crippen LogP contribution in [0.2, 0.25) is 0 Å². The molecule has 4 saturated heterocycles. The van der Waals surface area contributed by atoms with E-state index in [1.807, 2.05) is 23.5 Å². The van der Waals surface area contributed by atoms with Crippen molar-refractivity contribution in [1.82, 2.24) is 56.7 Å². The summed E-state index contributed by atoms with van der Waals surface area (Å²) in [5.74, 6) is -0.383. The number of nitrogens with zero attached hydrogens (tertiary/aromatic N) is 2. The molecule has 0 bridgehead atoms. The molecule has 27 heteroatoms. The molecular formula is C65H89FN12O11S3. The molecule has 10 amide bonds. The van der Waals surface area contributed by atoms with Gasteiger partial charge in [-0.15, -0.1) is 0 Å². The van der Waals surface area contributed by atoms with Crippen molar-refractivity contribution in [2.24, 2.45) is 0 Å². The number of ether oxygens (including phenoxy) is 1. The van der Waals surface area contributed by atoms with Gasteiger partial charge in [0.2, 0.25) is 21.8 Å². The summed E-state index contributed by atoms with van der Waals surface area (Å²) in [5, 5.41) is 30.4. The zero-order chi connectivity index (χ0) is 66.1. The average Bonchev–Trinajstić information content (AvgIpc) is 1.59. The summed E-state index contributed by atoms with van der Waals surface area (Å²) < 4.78 is 50.7. The fourth-order valence-corrected chi connectivity index (χ4v) is 15.8. The molecule has 6 unspecified atom stereocenters. The van der Waals surface area contributed by atoms with E-state index in [2.05, 4.69) is 53.2 Å². The number of halogens is 1. The van der Waals surface area contributed by atoms with E-state index >= 15 is 4.39 Å². The number of hydrogen-bond acceptors (Lipinski definition) is 13. The minimum absolute atomic E-state index is 0.0146. The molecule has 6 atom stereocenters. The summed E-state index contributed by atoms with van der Waals surface area (Å²) in [7, 11) is -1.03. The molecule has 4 fully saturated rings. The third kappa shape index (κ3) is 19.8. The summed E-state index contributed by atoms with van der Waals surface area (Å²) in [6, 6.07) is 16.0. The molecule has 3 aromatic carbocycles. The van der Waals surface area contributed by atoms with E-state index in [1.165, 1.54) is 50.5 Å². The van der Waals surface area contributed by atoms with E-state index in [9.17, 15) is 46.8 Å². The average molecular weight is 1330 g/mol. The molecule has 0 spiro atoms. The van der Waals surface area contributed by atoms with Gasteiger partial charge in [0.25, 0.3) is 17.7 Å². The molecule has 0 saturated carbocycles. The Morgan fingerprint density at radius 2 is 1.21 bits per heavy atom. The normalized spacial score (nSPS) is 19.3. The first-order chi connectivity index (χ1) is 43.9. The molecule has 4 aromatic rings. The monoisotopic (exact) mass is 1330 g/mol. The maximum atomic E-state index is 15.9. The highest BCUT2D eigenvalue weighted by molar-refractivity contribution is 8.00. The minimum atomic E-state index is -3.88. The van der Waals surface area contributed by atoms with Gasteiger partial charge in [-0.3, -0.25) is 24.0 Å². The quantitative estimate of drug-likeness (QED) is 0.0160. The number of hydrogen-bond donors (Lipinski definition) is 10. The second kappa shape index (κ2) is 33.0. The van der Waals surface area contributed by atoms with E-state index in [0.717, 1.165) is 67.2 Å². The molecular weight excluding hydrogens is 1240 g/mol. The molecule has 1 aromatic heterocycles. The van der Waals surface area contributed by atoms with Gasteiger partial charge >= 0.3 is 18.2 Å². The molecule has 92 heavy (non-hydrogen) atoms. The van der Waals surface area contributed by atoms with Crippen molar-refractivity contribution in [2.45, 2.75) is 169 Å². The van der Waals surface area contributed by atoms with Crippen LogP contribution in [0.1, 0.15) is 147 Å². The van der Waals surface area contributed by atoms with Crippen molar-refractivity contribution in [3.63, 3.8) is 0 Å². The highest BCUT2D eigenvalue weighted by atomic mass is 32.2. The van der Waals surface area contributed by atoms with Gasteiger partial charge in [-0.05, 0) is 152 Å². The van der Waals surface area contributed by atoms with E-state index < -0.39 is 45.3 Å². The fourth-order valence-electron chi connectivity index (χ4n) is 11.8. The van der Waals surface area contributed by atoms with Crippen molar-refractivity contribution in [3.8, 4) is 11.1 Å². The number of nitrogens with one attached hydrogen (secondary N) is 10. The lowest BCUT2D eigenvalue weighted by atomic mass is 10.0. The van der Waals surface area contributed by atoms with Crippen molar-refractivity contribution in [2.75, 3.05) is 63.6 Å². The summed E-state index contributed by atoms with van der Waals surface area (Å²) in [4.78, 5) is 103. The summed E-state index contributed by atoms with van der Waals surface area (Å²) >= 11 is 3.72. The summed E-state index contributed by atoms with van der Waals surface area (Å²) in [6.07, 6.45) is 10.6. The Bertz CT molecular complexity index is 3380. The Kier molecular flexibility index (Phi) is 25.3. The van der Waals surface area contributed by atoms with Crippen LogP contribution in [0, 0.1) is 6.92 Å². The van der Waals surface area contributed by atoms with Crippen LogP contribution in [0.5, 0.6) is 0 Å². The van der Waals surface area contributed by atoms with E-state index in [-0.39, 0.29) is 88.4 Å². The number of anilines is 1. The highest BCUT2D eigenvalue weighted by Gasteiger charge is 2.43. The predicted molar refractivity (Wildman–Crippen MR) is 357 cm³/mol. The SMILES string of the molecule is Cc1c(-c2cccc(S(=O)(=O)N(C)C)c2)c2cc(C(=O)Nc3cc(C(=O)NCCCCCNC(=O)CCCCC4SCC5NC(=O)NC54)cc(C(=O)NCCCCCNC(=O)CCCCC4SCC5NC(=O)NC54)c3)ccc2n1C/C(F)=C/CNC(=O)OC(C)(C)C. The second-order valence-electron chi connectivity index (χ2n) is 24.9. The lowest BCUT2D eigenvalue weighted by Crippen LogP contribution is -2.36. The second-order valence-corrected chi connectivity index (χ2v) is 29.6. The van der Waals surface area contributed by atoms with Gasteiger partial charge in [0.1, 0.15) is 11.4 Å². The molecule has 23 nitrogen and oxygen atoms in total. The van der Waals surface area contributed by atoms with E-state index in [1.54, 1.807) is 62.6 Å². The number of carbonyl (C=O) groups excluding carboxylic acids is 8. The lowest BCUT2D eigenvalue weighted by molar-refractivity contribution is -0.122. The largest absolute Gasteiger partial charge is 0.444 e. The maximum Gasteiger partial charge on any atom is 0.407 e. The van der Waals surface area contributed by atoms with Crippen LogP contribution in [0.25, 0.3) is 22.0 Å². The van der Waals surface area contributed by atoms with Gasteiger partial charge in [-0.2, -0.15) is 23.5 Å². The number of rotatable bonds is 33. The van der Waals surface area contributed by atoms with Gasteiger partial charge in [0.15, 0.2) is 0 Å². The molecule has 4 aliphatic heterocycles. The maximum absolute atomic E-state index is 15.9. The molecule has 500 valence electrons. The van der Waals surface area contributed by atoms with Gasteiger partial charge in [0, 0.05) is 126 Å². The number of urea groups is 2. The first kappa shape index (κ1) is 70.5. The van der Waals surface area contributed by atoms with Crippen LogP contribution in [-0.2, 0) is 30.9 Å². The van der Waals surface area contributed by atoms with Crippen LogP contribution >= 0.6 is 23.5 Å². The molecule has 5 heterocycles. The summed E-state index contributed by atoms with van der Waals surface area (Å²) in [5.41, 5.74) is 1.89. The number of unbranched alkanes of at least 4 members (excludes halogenated alkanes) is 6. The Morgan fingerprint density at radius 3 is 1.74 bits per heavy atom. The van der Waals surface area contributed by atoms with Crippen molar-refractivity contribution in [3.05, 3.63) is 95.0 Å². The number of amides is 10. The third-order valence-electron chi connectivity index (χ3n) is 16.6. The smallest absolute Gasteiger partial charge is 0.407 e. The minimum Gasteiger partial charge on any atom is -0.444 e. The summed E-state index contributed by atoms with van der Waals surface area (Å²) in [6.45, 7) is 8.07. The van der Waals surface area contributed by atoms with Crippen molar-refractivity contribution < 1.29 is 55.9 Å². The molecule has 0 aliphatic carbocycles. The predicted octanol–water partition coefficient (Wildman–Crippen LogP) is 7.98. The first-order valence-electron chi connectivity index (χ1n) is 31.8. The Morgan fingerprint density at radius 1 is 0.663 bits per heavy atom. The number of sulfonamides is 1. The zero-order valence-corrected chi connectivity index (χ0v) is 55.8. The van der Waals surface area contributed by atoms with Crippen molar-refractivity contribution in [1.29, 1.82) is 0 Å². The standard InChI is InChI=1S/C65H89FN12O11S3/c1-40-56(41-18-17-19-47(35-41)92(87,88)77(5)6)48-36-42(24-25-51(48)78(40)37-45(66)26-31-71-64(86)89-65(2,3)4)61(83)72-46-33-43(59(81)69-29-15-7-13-27-67-54(79)22-11-9-20-52-57-49(38-90-52)73-62(84)75-57)32-44(34-46)60(82)70-30-16-8-14-28-68-55(80)23-12-10-21-53-58-50(39-91-53)74-63(85)76-58/h17-19,24-26,32-36,49-50,52-53,57-58H,7-16,20-23,27-31,37-39H2,1-6H3,(H,67,79)(H,68,80)(H,69,81)(H,70,82)(H,71,86)(H,72,83)(H2,73,75,84)(H2,74,76,85)/b45-26-. The van der Waals surface area contributed by atoms with Crippen molar-refractivity contribution >= 4 is 97.8 Å². The Labute approximate surface area is 546 Å². The molecule has 0 radical (unpaired) electrons. The van der Waals surface area contributed by atoms with Crippen LogP contribution in [0.3, 0.4) is 0 Å². The molecule has 4 aliphatic rings. The van der Waals surface area contributed by atoms with Gasteiger partial charge in [-0.25, -0.2) is 31.5 Å². The first-order valence-corrected chi connectivity index (χ1v) is 35.4. The van der Waals surface area contributed by atoms with E-state index in [4.69, 9.17) is 4.74 Å². The number of alkyl carbamates (subject to hydrolysis) is 1. The number of thioether (sulfide) groups is 2. The van der Waals surface area contributed by atoms with E-state index in [0.29, 0.717) is 103 Å². The number of aromatic nitrogens is 1.